The molecule has 0 spiro atoms. The van der Waals surface area contributed by atoms with Crippen molar-refractivity contribution < 1.29 is 4.79 Å². The van der Waals surface area contributed by atoms with Gasteiger partial charge in [-0.3, -0.25) is 14.2 Å². The Bertz CT molecular complexity index is 782. The minimum absolute atomic E-state index is 0.0466. The number of hydrogen-bond acceptors (Lipinski definition) is 3. The predicted molar refractivity (Wildman–Crippen MR) is 102 cm³/mol. The minimum Gasteiger partial charge on any atom is -0.331 e. The van der Waals surface area contributed by atoms with E-state index in [2.05, 4.69) is 28.4 Å². The molecule has 0 fully saturated rings. The van der Waals surface area contributed by atoms with Crippen LogP contribution in [0.25, 0.3) is 0 Å². The molecule has 26 heavy (non-hydrogen) atoms. The summed E-state index contributed by atoms with van der Waals surface area (Å²) in [6, 6.07) is 3.95. The van der Waals surface area contributed by atoms with Crippen molar-refractivity contribution in [1.82, 2.24) is 24.5 Å². The molecule has 0 N–H and O–H groups in total. The van der Waals surface area contributed by atoms with Gasteiger partial charge >= 0.3 is 0 Å². The average Bonchev–Trinajstić information content (AvgIpc) is 3.16. The Hall–Kier alpha value is -2.37. The molecule has 3 rings (SSSR count). The molecule has 140 valence electrons. The Balaban J connectivity index is 1.85. The highest BCUT2D eigenvalue weighted by molar-refractivity contribution is 5.92. The first-order valence-electron chi connectivity index (χ1n) is 9.46. The summed E-state index contributed by atoms with van der Waals surface area (Å²) in [4.78, 5) is 15.3. The Morgan fingerprint density at radius 3 is 2.69 bits per heavy atom. The SMILES string of the molecule is CCn1nc(C)cc1C(=O)N(Cc1cc(C)n(C)n1)C[C@@H]1CC=CCC1. The number of carbonyl (C=O) groups is 1. The third-order valence-corrected chi connectivity index (χ3v) is 5.08. The molecule has 1 amide bonds. The van der Waals surface area contributed by atoms with Gasteiger partial charge in [-0.05, 0) is 58.1 Å². The molecule has 0 aliphatic heterocycles. The molecule has 2 aromatic rings. The van der Waals surface area contributed by atoms with Crippen molar-refractivity contribution in [2.24, 2.45) is 13.0 Å². The summed E-state index contributed by atoms with van der Waals surface area (Å²) in [6.07, 6.45) is 7.74. The van der Waals surface area contributed by atoms with Crippen LogP contribution in [0.2, 0.25) is 0 Å². The van der Waals surface area contributed by atoms with Crippen molar-refractivity contribution in [3.8, 4) is 0 Å². The van der Waals surface area contributed by atoms with Crippen LogP contribution in [-0.4, -0.2) is 36.9 Å². The van der Waals surface area contributed by atoms with Crippen LogP contribution >= 0.6 is 0 Å². The quantitative estimate of drug-likeness (QED) is 0.748. The number of hydrogen-bond donors (Lipinski definition) is 0. The summed E-state index contributed by atoms with van der Waals surface area (Å²) in [7, 11) is 1.94. The number of allylic oxidation sites excluding steroid dienone is 2. The zero-order valence-corrected chi connectivity index (χ0v) is 16.3. The number of rotatable bonds is 6. The predicted octanol–water partition coefficient (Wildman–Crippen LogP) is 3.25. The second-order valence-corrected chi connectivity index (χ2v) is 7.22. The summed E-state index contributed by atoms with van der Waals surface area (Å²) in [5.41, 5.74) is 3.58. The monoisotopic (exact) mass is 355 g/mol. The van der Waals surface area contributed by atoms with Crippen LogP contribution in [0, 0.1) is 19.8 Å². The van der Waals surface area contributed by atoms with E-state index in [4.69, 9.17) is 0 Å². The maximum Gasteiger partial charge on any atom is 0.272 e. The standard InChI is InChI=1S/C20H29N5O/c1-5-25-19(11-15(2)21-25)20(26)24(13-17-9-7-6-8-10-17)14-18-12-16(3)23(4)22-18/h6-7,11-12,17H,5,8-10,13-14H2,1-4H3/t17-/m1/s1. The van der Waals surface area contributed by atoms with Crippen LogP contribution < -0.4 is 0 Å². The lowest BCUT2D eigenvalue weighted by Crippen LogP contribution is -2.36. The molecule has 6 nitrogen and oxygen atoms in total. The molecule has 2 aromatic heterocycles. The summed E-state index contributed by atoms with van der Waals surface area (Å²) in [5.74, 6) is 0.554. The zero-order valence-electron chi connectivity index (χ0n) is 16.3. The Morgan fingerprint density at radius 1 is 1.27 bits per heavy atom. The van der Waals surface area contributed by atoms with Gasteiger partial charge in [0, 0.05) is 25.8 Å². The van der Waals surface area contributed by atoms with E-state index in [1.165, 1.54) is 0 Å². The van der Waals surface area contributed by atoms with Crippen molar-refractivity contribution in [2.75, 3.05) is 6.54 Å². The van der Waals surface area contributed by atoms with Gasteiger partial charge < -0.3 is 4.90 Å². The van der Waals surface area contributed by atoms with Crippen molar-refractivity contribution in [3.05, 3.63) is 47.1 Å². The lowest BCUT2D eigenvalue weighted by Gasteiger charge is -2.28. The molecule has 1 aliphatic rings. The zero-order chi connectivity index (χ0) is 18.7. The summed E-state index contributed by atoms with van der Waals surface area (Å²) in [6.45, 7) is 7.96. The van der Waals surface area contributed by atoms with E-state index >= 15 is 0 Å². The number of nitrogens with zero attached hydrogens (tertiary/aromatic N) is 5. The second kappa shape index (κ2) is 7.89. The fraction of sp³-hybridized carbons (Fsp3) is 0.550. The molecule has 0 aromatic carbocycles. The van der Waals surface area contributed by atoms with Crippen LogP contribution in [0.3, 0.4) is 0 Å². The summed E-state index contributed by atoms with van der Waals surface area (Å²) < 4.78 is 3.66. The van der Waals surface area contributed by atoms with E-state index < -0.39 is 0 Å². The van der Waals surface area contributed by atoms with Gasteiger partial charge in [-0.25, -0.2) is 0 Å². The fourth-order valence-electron chi connectivity index (χ4n) is 3.58. The molecular formula is C20H29N5O. The van der Waals surface area contributed by atoms with Gasteiger partial charge in [0.05, 0.1) is 17.9 Å². The fourth-order valence-corrected chi connectivity index (χ4v) is 3.58. The van der Waals surface area contributed by atoms with Gasteiger partial charge in [0.15, 0.2) is 0 Å². The molecule has 0 saturated carbocycles. The first kappa shape index (κ1) is 18.4. The number of amides is 1. The van der Waals surface area contributed by atoms with E-state index in [0.717, 1.165) is 42.9 Å². The molecule has 6 heteroatoms. The van der Waals surface area contributed by atoms with Crippen LogP contribution in [0.1, 0.15) is 53.8 Å². The Kier molecular flexibility index (Phi) is 5.59. The molecular weight excluding hydrogens is 326 g/mol. The van der Waals surface area contributed by atoms with Gasteiger partial charge in [0.1, 0.15) is 5.69 Å². The molecule has 0 saturated heterocycles. The molecule has 0 bridgehead atoms. The first-order valence-corrected chi connectivity index (χ1v) is 9.46. The van der Waals surface area contributed by atoms with Gasteiger partial charge in [-0.15, -0.1) is 0 Å². The summed E-state index contributed by atoms with van der Waals surface area (Å²) >= 11 is 0. The van der Waals surface area contributed by atoms with Gasteiger partial charge in [-0.2, -0.15) is 10.2 Å². The minimum atomic E-state index is 0.0466. The third-order valence-electron chi connectivity index (χ3n) is 5.08. The molecule has 1 atom stereocenters. The lowest BCUT2D eigenvalue weighted by atomic mass is 9.94. The maximum atomic E-state index is 13.3. The van der Waals surface area contributed by atoms with E-state index in [1.54, 1.807) is 4.68 Å². The third kappa shape index (κ3) is 4.06. The van der Waals surface area contributed by atoms with E-state index in [-0.39, 0.29) is 5.91 Å². The van der Waals surface area contributed by atoms with Crippen molar-refractivity contribution in [3.63, 3.8) is 0 Å². The normalized spacial score (nSPS) is 16.8. The maximum absolute atomic E-state index is 13.3. The highest BCUT2D eigenvalue weighted by atomic mass is 16.2. The van der Waals surface area contributed by atoms with Gasteiger partial charge in [0.2, 0.25) is 0 Å². The van der Waals surface area contributed by atoms with Crippen LogP contribution in [-0.2, 0) is 20.1 Å². The molecule has 0 radical (unpaired) electrons. The van der Waals surface area contributed by atoms with Crippen molar-refractivity contribution in [1.29, 1.82) is 0 Å². The largest absolute Gasteiger partial charge is 0.331 e. The number of aromatic nitrogens is 4. The lowest BCUT2D eigenvalue weighted by molar-refractivity contribution is 0.0695. The first-order chi connectivity index (χ1) is 12.5. The van der Waals surface area contributed by atoms with Crippen LogP contribution in [0.5, 0.6) is 0 Å². The van der Waals surface area contributed by atoms with E-state index in [1.807, 2.05) is 43.5 Å². The molecule has 2 heterocycles. The van der Waals surface area contributed by atoms with Gasteiger partial charge in [0.25, 0.3) is 5.91 Å². The smallest absolute Gasteiger partial charge is 0.272 e. The topological polar surface area (TPSA) is 56.0 Å². The number of carbonyl (C=O) groups excluding carboxylic acids is 1. The van der Waals surface area contributed by atoms with Crippen molar-refractivity contribution >= 4 is 5.91 Å². The Morgan fingerprint density at radius 2 is 2.08 bits per heavy atom. The average molecular weight is 355 g/mol. The van der Waals surface area contributed by atoms with Crippen LogP contribution in [0.4, 0.5) is 0 Å². The highest BCUT2D eigenvalue weighted by Gasteiger charge is 2.24. The second-order valence-electron chi connectivity index (χ2n) is 7.22. The number of aryl methyl sites for hydroxylation is 4. The van der Waals surface area contributed by atoms with Crippen molar-refractivity contribution in [2.45, 2.75) is 53.1 Å². The Labute approximate surface area is 155 Å². The van der Waals surface area contributed by atoms with E-state index in [0.29, 0.717) is 24.7 Å². The summed E-state index contributed by atoms with van der Waals surface area (Å²) in [5, 5.41) is 9.00. The molecule has 1 aliphatic carbocycles. The van der Waals surface area contributed by atoms with E-state index in [9.17, 15) is 4.79 Å². The van der Waals surface area contributed by atoms with Gasteiger partial charge in [-0.1, -0.05) is 12.2 Å². The highest BCUT2D eigenvalue weighted by Crippen LogP contribution is 2.22. The van der Waals surface area contributed by atoms with Crippen LogP contribution in [0.15, 0.2) is 24.3 Å². The molecule has 0 unspecified atom stereocenters.